The number of nitrogens with zero attached hydrogens (tertiary/aromatic N) is 1. The van der Waals surface area contributed by atoms with E-state index in [1.165, 1.54) is 0 Å². The summed E-state index contributed by atoms with van der Waals surface area (Å²) < 4.78 is 10.8. The minimum Gasteiger partial charge on any atom is -0.469 e. The first-order valence-electron chi connectivity index (χ1n) is 8.53. The Morgan fingerprint density at radius 2 is 2.00 bits per heavy atom. The van der Waals surface area contributed by atoms with E-state index in [1.54, 1.807) is 6.26 Å². The van der Waals surface area contributed by atoms with E-state index in [0.717, 1.165) is 56.3 Å². The normalized spacial score (nSPS) is 23.8. The second kappa shape index (κ2) is 6.79. The van der Waals surface area contributed by atoms with Crippen LogP contribution in [-0.2, 0) is 16.1 Å². The summed E-state index contributed by atoms with van der Waals surface area (Å²) in [5, 5.41) is 3.12. The van der Waals surface area contributed by atoms with Crippen molar-refractivity contribution in [1.29, 1.82) is 0 Å². The van der Waals surface area contributed by atoms with Crippen LogP contribution in [0.3, 0.4) is 0 Å². The number of anilines is 1. The number of furan rings is 1. The molecule has 1 aliphatic heterocycles. The van der Waals surface area contributed by atoms with E-state index in [9.17, 15) is 4.79 Å². The van der Waals surface area contributed by atoms with Crippen LogP contribution in [0, 0.1) is 5.92 Å². The topological polar surface area (TPSA) is 54.7 Å². The summed E-state index contributed by atoms with van der Waals surface area (Å²) in [4.78, 5) is 14.9. The molecule has 126 valence electrons. The molecule has 5 heteroatoms. The van der Waals surface area contributed by atoms with Gasteiger partial charge in [-0.25, -0.2) is 0 Å². The van der Waals surface area contributed by atoms with Crippen molar-refractivity contribution in [3.8, 4) is 0 Å². The number of benzene rings is 1. The average molecular weight is 326 g/mol. The van der Waals surface area contributed by atoms with Crippen LogP contribution in [0.25, 0.3) is 0 Å². The highest BCUT2D eigenvalue weighted by atomic mass is 16.5. The summed E-state index contributed by atoms with van der Waals surface area (Å²) in [5.41, 5.74) is 2.07. The van der Waals surface area contributed by atoms with Crippen molar-refractivity contribution in [2.45, 2.75) is 18.9 Å². The average Bonchev–Trinajstić information content (AvgIpc) is 3.23. The number of rotatable bonds is 5. The van der Waals surface area contributed by atoms with E-state index in [1.807, 2.05) is 30.3 Å². The van der Waals surface area contributed by atoms with Crippen LogP contribution in [0.4, 0.5) is 5.69 Å². The third-order valence-electron chi connectivity index (χ3n) is 4.81. The first kappa shape index (κ1) is 15.4. The second-order valence-electron chi connectivity index (χ2n) is 6.50. The Kier molecular flexibility index (Phi) is 4.36. The lowest BCUT2D eigenvalue weighted by atomic mass is 10.1. The van der Waals surface area contributed by atoms with E-state index in [4.69, 9.17) is 9.15 Å². The van der Waals surface area contributed by atoms with Crippen LogP contribution in [0.2, 0.25) is 0 Å². The number of amides is 1. The third kappa shape index (κ3) is 3.37. The summed E-state index contributed by atoms with van der Waals surface area (Å²) in [6.07, 6.45) is 2.53. The minimum absolute atomic E-state index is 0.0209. The summed E-state index contributed by atoms with van der Waals surface area (Å²) in [5.74, 6) is 1.25. The number of hydrogen-bond acceptors (Lipinski definition) is 4. The molecule has 0 unspecified atom stereocenters. The van der Waals surface area contributed by atoms with Crippen molar-refractivity contribution < 1.29 is 13.9 Å². The molecule has 1 aliphatic carbocycles. The molecule has 0 radical (unpaired) electrons. The predicted octanol–water partition coefficient (Wildman–Crippen LogP) is 2.85. The number of nitrogens with one attached hydrogen (secondary N) is 1. The van der Waals surface area contributed by atoms with Crippen LogP contribution in [0.5, 0.6) is 0 Å². The van der Waals surface area contributed by atoms with E-state index in [0.29, 0.717) is 0 Å². The van der Waals surface area contributed by atoms with Crippen molar-refractivity contribution in [2.24, 2.45) is 5.92 Å². The SMILES string of the molecule is O=C(Nc1ccccc1CN1CCOCC1)[C@@H]1C[C@@H]1c1ccco1. The Balaban J connectivity index is 1.40. The summed E-state index contributed by atoms with van der Waals surface area (Å²) in [6, 6.07) is 11.9. The molecule has 1 amide bonds. The van der Waals surface area contributed by atoms with Gasteiger partial charge in [0.25, 0.3) is 0 Å². The van der Waals surface area contributed by atoms with Gasteiger partial charge in [-0.3, -0.25) is 9.69 Å². The summed E-state index contributed by atoms with van der Waals surface area (Å²) in [6.45, 7) is 4.27. The molecule has 4 rings (SSSR count). The Labute approximate surface area is 141 Å². The van der Waals surface area contributed by atoms with E-state index in [-0.39, 0.29) is 17.7 Å². The number of hydrogen-bond donors (Lipinski definition) is 1. The van der Waals surface area contributed by atoms with Gasteiger partial charge >= 0.3 is 0 Å². The number of morpholine rings is 1. The molecule has 5 nitrogen and oxygen atoms in total. The lowest BCUT2D eigenvalue weighted by Crippen LogP contribution is -2.35. The Bertz CT molecular complexity index is 692. The second-order valence-corrected chi connectivity index (χ2v) is 6.50. The van der Waals surface area contributed by atoms with Crippen LogP contribution < -0.4 is 5.32 Å². The zero-order valence-electron chi connectivity index (χ0n) is 13.6. The number of carbonyl (C=O) groups is 1. The molecule has 24 heavy (non-hydrogen) atoms. The van der Waals surface area contributed by atoms with Crippen molar-refractivity contribution in [3.05, 3.63) is 54.0 Å². The molecule has 0 bridgehead atoms. The molecule has 1 aromatic heterocycles. The molecule has 2 fully saturated rings. The lowest BCUT2D eigenvalue weighted by molar-refractivity contribution is -0.117. The quantitative estimate of drug-likeness (QED) is 0.918. The van der Waals surface area contributed by atoms with Crippen molar-refractivity contribution in [3.63, 3.8) is 0 Å². The molecule has 1 aromatic carbocycles. The fourth-order valence-electron chi connectivity index (χ4n) is 3.31. The molecule has 2 heterocycles. The molecule has 1 saturated carbocycles. The molecule has 2 atom stereocenters. The Hall–Kier alpha value is -2.11. The standard InChI is InChI=1S/C19H22N2O3/c22-19(16-12-15(16)18-6-3-9-24-18)20-17-5-2-1-4-14(17)13-21-7-10-23-11-8-21/h1-6,9,15-16H,7-8,10-13H2,(H,20,22)/t15-,16+/m0/s1. The van der Waals surface area contributed by atoms with Gasteiger partial charge in [-0.2, -0.15) is 0 Å². The molecule has 2 aliphatic rings. The van der Waals surface area contributed by atoms with Crippen LogP contribution in [-0.4, -0.2) is 37.1 Å². The highest BCUT2D eigenvalue weighted by Crippen LogP contribution is 2.48. The Morgan fingerprint density at radius 1 is 1.17 bits per heavy atom. The van der Waals surface area contributed by atoms with Gasteiger partial charge < -0.3 is 14.5 Å². The first-order valence-corrected chi connectivity index (χ1v) is 8.53. The van der Waals surface area contributed by atoms with Gasteiger partial charge in [-0.1, -0.05) is 18.2 Å². The zero-order chi connectivity index (χ0) is 16.4. The lowest BCUT2D eigenvalue weighted by Gasteiger charge is -2.27. The van der Waals surface area contributed by atoms with Gasteiger partial charge in [0.2, 0.25) is 5.91 Å². The van der Waals surface area contributed by atoms with Gasteiger partial charge in [0.1, 0.15) is 5.76 Å². The highest BCUT2D eigenvalue weighted by molar-refractivity contribution is 5.95. The minimum atomic E-state index is 0.0209. The predicted molar refractivity (Wildman–Crippen MR) is 90.7 cm³/mol. The third-order valence-corrected chi connectivity index (χ3v) is 4.81. The van der Waals surface area contributed by atoms with Crippen molar-refractivity contribution >= 4 is 11.6 Å². The van der Waals surface area contributed by atoms with E-state index < -0.39 is 0 Å². The monoisotopic (exact) mass is 326 g/mol. The van der Waals surface area contributed by atoms with Crippen LogP contribution in [0.15, 0.2) is 47.1 Å². The van der Waals surface area contributed by atoms with Crippen LogP contribution in [0.1, 0.15) is 23.7 Å². The maximum Gasteiger partial charge on any atom is 0.228 e. The number of carbonyl (C=O) groups excluding carboxylic acids is 1. The molecular formula is C19H22N2O3. The van der Waals surface area contributed by atoms with E-state index >= 15 is 0 Å². The maximum absolute atomic E-state index is 12.5. The molecule has 1 N–H and O–H groups in total. The molecule has 0 spiro atoms. The summed E-state index contributed by atoms with van der Waals surface area (Å²) in [7, 11) is 0. The van der Waals surface area contributed by atoms with Crippen LogP contribution >= 0.6 is 0 Å². The van der Waals surface area contributed by atoms with Gasteiger partial charge in [0, 0.05) is 37.2 Å². The largest absolute Gasteiger partial charge is 0.469 e. The number of para-hydroxylation sites is 1. The first-order chi connectivity index (χ1) is 11.8. The highest BCUT2D eigenvalue weighted by Gasteiger charge is 2.45. The molecule has 2 aromatic rings. The van der Waals surface area contributed by atoms with E-state index in [2.05, 4.69) is 16.3 Å². The van der Waals surface area contributed by atoms with Crippen molar-refractivity contribution in [1.82, 2.24) is 4.90 Å². The van der Waals surface area contributed by atoms with Gasteiger partial charge in [-0.05, 0) is 30.2 Å². The zero-order valence-corrected chi connectivity index (χ0v) is 13.6. The summed E-state index contributed by atoms with van der Waals surface area (Å²) >= 11 is 0. The van der Waals surface area contributed by atoms with Crippen molar-refractivity contribution in [2.75, 3.05) is 31.6 Å². The molecular weight excluding hydrogens is 304 g/mol. The molecule has 1 saturated heterocycles. The van der Waals surface area contributed by atoms with Gasteiger partial charge in [-0.15, -0.1) is 0 Å². The maximum atomic E-state index is 12.5. The Morgan fingerprint density at radius 3 is 2.79 bits per heavy atom. The smallest absolute Gasteiger partial charge is 0.228 e. The fourth-order valence-corrected chi connectivity index (χ4v) is 3.31. The fraction of sp³-hybridized carbons (Fsp3) is 0.421. The van der Waals surface area contributed by atoms with Gasteiger partial charge in [0.15, 0.2) is 0 Å². The number of ether oxygens (including phenoxy) is 1. The van der Waals surface area contributed by atoms with Gasteiger partial charge in [0.05, 0.1) is 19.5 Å².